The summed E-state index contributed by atoms with van der Waals surface area (Å²) in [6.07, 6.45) is 3.40. The highest BCUT2D eigenvalue weighted by atomic mass is 35.5. The summed E-state index contributed by atoms with van der Waals surface area (Å²) in [5, 5.41) is 10.1. The maximum absolute atomic E-state index is 10.8. The minimum absolute atomic E-state index is 0.0272. The molecule has 0 amide bonds. The summed E-state index contributed by atoms with van der Waals surface area (Å²) < 4.78 is 2.05. The summed E-state index contributed by atoms with van der Waals surface area (Å²) in [4.78, 5) is 19.8. The Morgan fingerprint density at radius 3 is 2.71 bits per heavy atom. The molecule has 2 aromatic rings. The zero-order chi connectivity index (χ0) is 15.6. The summed E-state index contributed by atoms with van der Waals surface area (Å²) in [5.74, 6) is -0.889. The standard InChI is InChI=1S/C14H18ClN3O2S/c1-4-14(3,5-2)18-12-10(6-9(15)7-16-12)17-13(18)21-8-11(19)20/h6-7H,4-5,8H2,1-3H3,(H,19,20). The van der Waals surface area contributed by atoms with Crippen molar-refractivity contribution in [1.82, 2.24) is 14.5 Å². The van der Waals surface area contributed by atoms with Crippen molar-refractivity contribution in [3.05, 3.63) is 17.3 Å². The van der Waals surface area contributed by atoms with Crippen molar-refractivity contribution < 1.29 is 9.90 Å². The molecule has 2 rings (SSSR count). The lowest BCUT2D eigenvalue weighted by molar-refractivity contribution is -0.133. The van der Waals surface area contributed by atoms with Gasteiger partial charge in [-0.25, -0.2) is 9.97 Å². The highest BCUT2D eigenvalue weighted by Gasteiger charge is 2.28. The summed E-state index contributed by atoms with van der Waals surface area (Å²) in [5.41, 5.74) is 1.29. The molecule has 114 valence electrons. The molecule has 5 nitrogen and oxygen atoms in total. The molecule has 0 aliphatic carbocycles. The predicted octanol–water partition coefficient (Wildman–Crippen LogP) is 3.80. The number of carbonyl (C=O) groups is 1. The first-order chi connectivity index (χ1) is 9.91. The van der Waals surface area contributed by atoms with E-state index in [1.807, 2.05) is 4.57 Å². The Balaban J connectivity index is 2.62. The van der Waals surface area contributed by atoms with Crippen LogP contribution in [0.15, 0.2) is 17.4 Å². The number of pyridine rings is 1. The molecule has 0 fully saturated rings. The summed E-state index contributed by atoms with van der Waals surface area (Å²) in [7, 11) is 0. The summed E-state index contributed by atoms with van der Waals surface area (Å²) in [6.45, 7) is 6.35. The predicted molar refractivity (Wildman–Crippen MR) is 85.1 cm³/mol. The van der Waals surface area contributed by atoms with Crippen molar-refractivity contribution in [2.75, 3.05) is 5.75 Å². The minimum Gasteiger partial charge on any atom is -0.481 e. The molecule has 0 radical (unpaired) electrons. The van der Waals surface area contributed by atoms with Crippen LogP contribution in [-0.4, -0.2) is 31.4 Å². The maximum Gasteiger partial charge on any atom is 0.313 e. The third kappa shape index (κ3) is 3.16. The number of fused-ring (bicyclic) bond motifs is 1. The second-order valence-corrected chi connectivity index (χ2v) is 6.49. The van der Waals surface area contributed by atoms with Crippen LogP contribution in [0.5, 0.6) is 0 Å². The Morgan fingerprint density at radius 2 is 2.14 bits per heavy atom. The van der Waals surface area contributed by atoms with Crippen molar-refractivity contribution in [2.45, 2.75) is 44.3 Å². The number of aromatic nitrogens is 3. The first kappa shape index (κ1) is 16.1. The SMILES string of the molecule is CCC(C)(CC)n1c(SCC(=O)O)nc2cc(Cl)cnc21. The van der Waals surface area contributed by atoms with Crippen LogP contribution in [0, 0.1) is 0 Å². The number of nitrogens with zero attached hydrogens (tertiary/aromatic N) is 3. The largest absolute Gasteiger partial charge is 0.481 e. The highest BCUT2D eigenvalue weighted by molar-refractivity contribution is 7.99. The van der Waals surface area contributed by atoms with E-state index in [1.165, 1.54) is 11.8 Å². The van der Waals surface area contributed by atoms with Crippen molar-refractivity contribution in [2.24, 2.45) is 0 Å². The number of hydrogen-bond donors (Lipinski definition) is 1. The number of carboxylic acids is 1. The topological polar surface area (TPSA) is 68.0 Å². The molecule has 0 unspecified atom stereocenters. The van der Waals surface area contributed by atoms with Crippen LogP contribution in [0.1, 0.15) is 33.6 Å². The average molecular weight is 328 g/mol. The molecule has 0 atom stereocenters. The van der Waals surface area contributed by atoms with Crippen LogP contribution in [0.4, 0.5) is 0 Å². The van der Waals surface area contributed by atoms with Gasteiger partial charge in [-0.05, 0) is 25.8 Å². The third-order valence-corrected chi connectivity index (χ3v) is 4.95. The van der Waals surface area contributed by atoms with Gasteiger partial charge in [-0.15, -0.1) is 0 Å². The number of halogens is 1. The van der Waals surface area contributed by atoms with Gasteiger partial charge in [0.2, 0.25) is 0 Å². The van der Waals surface area contributed by atoms with Crippen LogP contribution < -0.4 is 0 Å². The van der Waals surface area contributed by atoms with E-state index in [0.717, 1.165) is 18.5 Å². The Morgan fingerprint density at radius 1 is 1.48 bits per heavy atom. The molecule has 1 N–H and O–H groups in total. The number of aliphatic carboxylic acids is 1. The van der Waals surface area contributed by atoms with Crippen LogP contribution in [0.25, 0.3) is 11.2 Å². The fourth-order valence-corrected chi connectivity index (χ4v) is 3.20. The molecule has 7 heteroatoms. The van der Waals surface area contributed by atoms with E-state index in [2.05, 4.69) is 30.7 Å². The van der Waals surface area contributed by atoms with E-state index >= 15 is 0 Å². The fraction of sp³-hybridized carbons (Fsp3) is 0.500. The number of hydrogen-bond acceptors (Lipinski definition) is 4. The lowest BCUT2D eigenvalue weighted by Gasteiger charge is -2.30. The quantitative estimate of drug-likeness (QED) is 0.817. The summed E-state index contributed by atoms with van der Waals surface area (Å²) in [6, 6.07) is 1.76. The Hall–Kier alpha value is -1.27. The summed E-state index contributed by atoms with van der Waals surface area (Å²) >= 11 is 7.19. The lowest BCUT2D eigenvalue weighted by Crippen LogP contribution is -2.29. The lowest BCUT2D eigenvalue weighted by atomic mass is 9.95. The molecule has 2 heterocycles. The van der Waals surface area contributed by atoms with Crippen molar-refractivity contribution in [3.63, 3.8) is 0 Å². The first-order valence-corrected chi connectivity index (χ1v) is 8.16. The van der Waals surface area contributed by atoms with Gasteiger partial charge in [0.25, 0.3) is 0 Å². The fourth-order valence-electron chi connectivity index (χ4n) is 2.20. The van der Waals surface area contributed by atoms with Crippen LogP contribution in [0.3, 0.4) is 0 Å². The van der Waals surface area contributed by atoms with E-state index in [9.17, 15) is 4.79 Å². The minimum atomic E-state index is -0.862. The number of imidazole rings is 1. The maximum atomic E-state index is 10.8. The smallest absolute Gasteiger partial charge is 0.313 e. The molecule has 0 bridgehead atoms. The van der Waals surface area contributed by atoms with Gasteiger partial charge in [-0.1, -0.05) is 37.2 Å². The normalized spacial score (nSPS) is 12.0. The van der Waals surface area contributed by atoms with E-state index in [4.69, 9.17) is 16.7 Å². The second kappa shape index (κ2) is 6.23. The number of carboxylic acid groups (broad SMARTS) is 1. The monoisotopic (exact) mass is 327 g/mol. The molecular formula is C14H18ClN3O2S. The molecule has 0 spiro atoms. The van der Waals surface area contributed by atoms with Crippen molar-refractivity contribution >= 4 is 40.5 Å². The number of rotatable bonds is 6. The van der Waals surface area contributed by atoms with Gasteiger partial charge in [0.05, 0.1) is 10.8 Å². The molecule has 0 saturated carbocycles. The van der Waals surface area contributed by atoms with E-state index in [-0.39, 0.29) is 11.3 Å². The molecular weight excluding hydrogens is 310 g/mol. The molecule has 0 aliphatic heterocycles. The molecule has 0 aromatic carbocycles. The van der Waals surface area contributed by atoms with Crippen LogP contribution >= 0.6 is 23.4 Å². The van der Waals surface area contributed by atoms with Gasteiger partial charge >= 0.3 is 5.97 Å². The highest BCUT2D eigenvalue weighted by Crippen LogP contribution is 2.34. The van der Waals surface area contributed by atoms with Crippen LogP contribution in [0.2, 0.25) is 5.02 Å². The molecule has 0 aliphatic rings. The first-order valence-electron chi connectivity index (χ1n) is 6.80. The van der Waals surface area contributed by atoms with Gasteiger partial charge in [0.15, 0.2) is 10.8 Å². The Labute approximate surface area is 132 Å². The zero-order valence-electron chi connectivity index (χ0n) is 12.3. The third-order valence-electron chi connectivity index (χ3n) is 3.82. The van der Waals surface area contributed by atoms with Gasteiger partial charge in [-0.3, -0.25) is 9.36 Å². The number of thioether (sulfide) groups is 1. The molecule has 21 heavy (non-hydrogen) atoms. The Bertz CT molecular complexity index is 668. The average Bonchev–Trinajstić information content (AvgIpc) is 2.82. The Kier molecular flexibility index (Phi) is 4.78. The molecule has 2 aromatic heterocycles. The van der Waals surface area contributed by atoms with E-state index < -0.39 is 5.97 Å². The van der Waals surface area contributed by atoms with E-state index in [1.54, 1.807) is 12.3 Å². The van der Waals surface area contributed by atoms with Gasteiger partial charge in [-0.2, -0.15) is 0 Å². The second-order valence-electron chi connectivity index (χ2n) is 5.11. The van der Waals surface area contributed by atoms with Gasteiger partial charge in [0.1, 0.15) is 5.52 Å². The van der Waals surface area contributed by atoms with Crippen LogP contribution in [-0.2, 0) is 10.3 Å². The van der Waals surface area contributed by atoms with E-state index in [0.29, 0.717) is 15.7 Å². The molecule has 0 saturated heterocycles. The van der Waals surface area contributed by atoms with Crippen molar-refractivity contribution in [1.29, 1.82) is 0 Å². The van der Waals surface area contributed by atoms with Crippen molar-refractivity contribution in [3.8, 4) is 0 Å². The zero-order valence-corrected chi connectivity index (χ0v) is 13.8. The van der Waals surface area contributed by atoms with Gasteiger partial charge < -0.3 is 5.11 Å². The van der Waals surface area contributed by atoms with Gasteiger partial charge in [0, 0.05) is 11.7 Å².